The average molecular weight is 332 g/mol. The van der Waals surface area contributed by atoms with Gasteiger partial charge in [0.15, 0.2) is 0 Å². The van der Waals surface area contributed by atoms with Gasteiger partial charge in [-0.2, -0.15) is 0 Å². The molecule has 0 fully saturated rings. The van der Waals surface area contributed by atoms with Crippen molar-refractivity contribution in [2.45, 2.75) is 18.4 Å². The van der Waals surface area contributed by atoms with Crippen LogP contribution >= 0.6 is 22.3 Å². The number of hydrogen-bond donors (Lipinski definition) is 0. The molecular formula is C13H11Cl2NO3S. The van der Waals surface area contributed by atoms with Crippen molar-refractivity contribution in [3.05, 3.63) is 52.8 Å². The second-order valence-corrected chi connectivity index (χ2v) is 7.06. The molecule has 106 valence electrons. The van der Waals surface area contributed by atoms with Crippen LogP contribution in [0, 0.1) is 6.92 Å². The van der Waals surface area contributed by atoms with E-state index in [1.165, 1.54) is 18.2 Å². The first-order valence-electron chi connectivity index (χ1n) is 5.66. The zero-order valence-electron chi connectivity index (χ0n) is 10.5. The van der Waals surface area contributed by atoms with Crippen LogP contribution in [0.25, 0.3) is 0 Å². The molecule has 1 aromatic heterocycles. The number of benzene rings is 1. The van der Waals surface area contributed by atoms with E-state index in [-0.39, 0.29) is 22.3 Å². The number of nitrogens with zero attached hydrogens (tertiary/aromatic N) is 1. The molecule has 0 aliphatic rings. The molecule has 0 N–H and O–H groups in total. The van der Waals surface area contributed by atoms with Gasteiger partial charge < -0.3 is 4.74 Å². The molecule has 0 spiro atoms. The van der Waals surface area contributed by atoms with Gasteiger partial charge in [0.1, 0.15) is 17.3 Å². The van der Waals surface area contributed by atoms with Crippen molar-refractivity contribution in [3.8, 4) is 5.75 Å². The molecule has 2 aromatic rings. The summed E-state index contributed by atoms with van der Waals surface area (Å²) in [6, 6.07) is 9.75. The average Bonchev–Trinajstić information content (AvgIpc) is 2.36. The van der Waals surface area contributed by atoms with Crippen molar-refractivity contribution in [1.29, 1.82) is 0 Å². The first-order valence-corrected chi connectivity index (χ1v) is 8.34. The summed E-state index contributed by atoms with van der Waals surface area (Å²) in [6.07, 6.45) is 0. The van der Waals surface area contributed by atoms with Gasteiger partial charge in [-0.3, -0.25) is 4.98 Å². The Morgan fingerprint density at radius 1 is 1.25 bits per heavy atom. The van der Waals surface area contributed by atoms with Gasteiger partial charge >= 0.3 is 0 Å². The van der Waals surface area contributed by atoms with Crippen molar-refractivity contribution >= 4 is 31.3 Å². The smallest absolute Gasteiger partial charge is 0.265 e. The fraction of sp³-hybridized carbons (Fsp3) is 0.154. The standard InChI is InChI=1S/C13H11Cl2NO3S/c1-9-3-2-4-11(16-9)8-19-12-6-5-10(14)7-13(12)20(15,17)18/h2-7H,8H2,1H3. The van der Waals surface area contributed by atoms with Crippen molar-refractivity contribution in [1.82, 2.24) is 4.98 Å². The minimum absolute atomic E-state index is 0.142. The zero-order chi connectivity index (χ0) is 14.8. The Labute approximate surface area is 126 Å². The maximum Gasteiger partial charge on any atom is 0.265 e. The molecule has 2 rings (SSSR count). The molecule has 1 aromatic carbocycles. The molecular weight excluding hydrogens is 321 g/mol. The van der Waals surface area contributed by atoms with Crippen LogP contribution in [0.15, 0.2) is 41.3 Å². The summed E-state index contributed by atoms with van der Waals surface area (Å²) >= 11 is 5.77. The summed E-state index contributed by atoms with van der Waals surface area (Å²) in [5.41, 5.74) is 1.55. The number of ether oxygens (including phenoxy) is 1. The summed E-state index contributed by atoms with van der Waals surface area (Å²) in [5.74, 6) is 0.146. The molecule has 0 saturated heterocycles. The van der Waals surface area contributed by atoms with Gasteiger partial charge in [-0.25, -0.2) is 8.42 Å². The molecule has 20 heavy (non-hydrogen) atoms. The van der Waals surface area contributed by atoms with Crippen LogP contribution in [-0.2, 0) is 15.7 Å². The second-order valence-electron chi connectivity index (χ2n) is 4.09. The largest absolute Gasteiger partial charge is 0.486 e. The van der Waals surface area contributed by atoms with E-state index >= 15 is 0 Å². The SMILES string of the molecule is Cc1cccc(COc2ccc(Cl)cc2S(=O)(=O)Cl)n1. The summed E-state index contributed by atoms with van der Waals surface area (Å²) in [5, 5.41) is 0.269. The highest BCUT2D eigenvalue weighted by molar-refractivity contribution is 8.13. The quantitative estimate of drug-likeness (QED) is 0.804. The van der Waals surface area contributed by atoms with Crippen molar-refractivity contribution < 1.29 is 13.2 Å². The van der Waals surface area contributed by atoms with Crippen molar-refractivity contribution in [3.63, 3.8) is 0 Å². The Kier molecular flexibility index (Phi) is 4.52. The van der Waals surface area contributed by atoms with Gasteiger partial charge in [-0.1, -0.05) is 17.7 Å². The Bertz CT molecular complexity index is 732. The molecule has 4 nitrogen and oxygen atoms in total. The van der Waals surface area contributed by atoms with Gasteiger partial charge in [0.05, 0.1) is 5.69 Å². The van der Waals surface area contributed by atoms with E-state index in [1.54, 1.807) is 6.07 Å². The minimum Gasteiger partial charge on any atom is -0.486 e. The Hall–Kier alpha value is -1.30. The maximum absolute atomic E-state index is 11.5. The monoisotopic (exact) mass is 331 g/mol. The van der Waals surface area contributed by atoms with Crippen LogP contribution in [0.3, 0.4) is 0 Å². The van der Waals surface area contributed by atoms with E-state index in [1.807, 2.05) is 19.1 Å². The van der Waals surface area contributed by atoms with E-state index in [0.29, 0.717) is 5.69 Å². The lowest BCUT2D eigenvalue weighted by Crippen LogP contribution is -2.02. The van der Waals surface area contributed by atoms with Crippen LogP contribution in [0.5, 0.6) is 5.75 Å². The topological polar surface area (TPSA) is 56.3 Å². The Morgan fingerprint density at radius 3 is 2.65 bits per heavy atom. The summed E-state index contributed by atoms with van der Waals surface area (Å²) in [4.78, 5) is 4.11. The number of hydrogen-bond acceptors (Lipinski definition) is 4. The van der Waals surface area contributed by atoms with Crippen LogP contribution in [0.2, 0.25) is 5.02 Å². The van der Waals surface area contributed by atoms with Crippen molar-refractivity contribution in [2.75, 3.05) is 0 Å². The number of pyridine rings is 1. The lowest BCUT2D eigenvalue weighted by molar-refractivity contribution is 0.293. The predicted octanol–water partition coefficient (Wildman–Crippen LogP) is 3.55. The highest BCUT2D eigenvalue weighted by Crippen LogP contribution is 2.30. The predicted molar refractivity (Wildman–Crippen MR) is 77.8 cm³/mol. The number of rotatable bonds is 4. The van der Waals surface area contributed by atoms with Gasteiger partial charge in [0.25, 0.3) is 9.05 Å². The third kappa shape index (κ3) is 3.85. The fourth-order valence-corrected chi connectivity index (χ4v) is 2.86. The highest BCUT2D eigenvalue weighted by Gasteiger charge is 2.17. The van der Waals surface area contributed by atoms with Gasteiger partial charge in [0, 0.05) is 21.4 Å². The Balaban J connectivity index is 2.26. The van der Waals surface area contributed by atoms with Gasteiger partial charge in [-0.15, -0.1) is 0 Å². The summed E-state index contributed by atoms with van der Waals surface area (Å²) < 4.78 is 28.4. The number of aryl methyl sites for hydroxylation is 1. The first kappa shape index (κ1) is 15.1. The lowest BCUT2D eigenvalue weighted by atomic mass is 10.3. The molecule has 1 heterocycles. The minimum atomic E-state index is -3.93. The lowest BCUT2D eigenvalue weighted by Gasteiger charge is -2.10. The van der Waals surface area contributed by atoms with Crippen LogP contribution in [-0.4, -0.2) is 13.4 Å². The first-order chi connectivity index (χ1) is 9.36. The number of halogens is 2. The molecule has 0 aliphatic heterocycles. The zero-order valence-corrected chi connectivity index (χ0v) is 12.8. The molecule has 0 aliphatic carbocycles. The molecule has 0 atom stereocenters. The maximum atomic E-state index is 11.5. The third-order valence-electron chi connectivity index (χ3n) is 2.49. The molecule has 0 amide bonds. The van der Waals surface area contributed by atoms with Crippen molar-refractivity contribution in [2.24, 2.45) is 0 Å². The molecule has 0 bridgehead atoms. The fourth-order valence-electron chi connectivity index (χ4n) is 1.62. The number of aromatic nitrogens is 1. The van der Waals surface area contributed by atoms with E-state index in [2.05, 4.69) is 4.98 Å². The normalized spacial score (nSPS) is 11.3. The highest BCUT2D eigenvalue weighted by atomic mass is 35.7. The van der Waals surface area contributed by atoms with E-state index < -0.39 is 9.05 Å². The third-order valence-corrected chi connectivity index (χ3v) is 4.07. The summed E-state index contributed by atoms with van der Waals surface area (Å²) in [6.45, 7) is 2.00. The van der Waals surface area contributed by atoms with E-state index in [4.69, 9.17) is 27.0 Å². The van der Waals surface area contributed by atoms with Gasteiger partial charge in [-0.05, 0) is 37.3 Å². The van der Waals surface area contributed by atoms with E-state index in [9.17, 15) is 8.42 Å². The van der Waals surface area contributed by atoms with Crippen LogP contribution in [0.1, 0.15) is 11.4 Å². The molecule has 0 saturated carbocycles. The van der Waals surface area contributed by atoms with Crippen LogP contribution < -0.4 is 4.74 Å². The van der Waals surface area contributed by atoms with Crippen LogP contribution in [0.4, 0.5) is 0 Å². The van der Waals surface area contributed by atoms with E-state index in [0.717, 1.165) is 5.69 Å². The second kappa shape index (κ2) is 5.99. The summed E-state index contributed by atoms with van der Waals surface area (Å²) in [7, 11) is 1.43. The molecule has 7 heteroatoms. The molecule has 0 unspecified atom stereocenters. The molecule has 0 radical (unpaired) electrons. The Morgan fingerprint density at radius 2 is 2.00 bits per heavy atom. The van der Waals surface area contributed by atoms with Gasteiger partial charge in [0.2, 0.25) is 0 Å².